The Morgan fingerprint density at radius 3 is 2.41 bits per heavy atom. The summed E-state index contributed by atoms with van der Waals surface area (Å²) in [5, 5.41) is 29.7. The Bertz CT molecular complexity index is 483. The van der Waals surface area contributed by atoms with Gasteiger partial charge in [0.25, 0.3) is 0 Å². The molecule has 0 spiro atoms. The molecule has 5 nitrogen and oxygen atoms in total. The van der Waals surface area contributed by atoms with Crippen LogP contribution >= 0.6 is 0 Å². The van der Waals surface area contributed by atoms with Gasteiger partial charge in [-0.3, -0.25) is 10.1 Å². The topological polar surface area (TPSA) is 83.6 Å². The van der Waals surface area contributed by atoms with Crippen molar-refractivity contribution in [3.63, 3.8) is 0 Å². The van der Waals surface area contributed by atoms with E-state index in [1.807, 2.05) is 13.8 Å². The van der Waals surface area contributed by atoms with E-state index in [1.54, 1.807) is 6.07 Å². The summed E-state index contributed by atoms with van der Waals surface area (Å²) in [4.78, 5) is 9.97. The first kappa shape index (κ1) is 11.9. The fourth-order valence-corrected chi connectivity index (χ4v) is 2.54. The largest absolute Gasteiger partial charge is 0.502 e. The fraction of sp³-hybridized carbons (Fsp3) is 0.500. The number of aromatic hydroxyl groups is 1. The van der Waals surface area contributed by atoms with Crippen LogP contribution in [-0.2, 0) is 5.41 Å². The lowest BCUT2D eigenvalue weighted by Crippen LogP contribution is -2.19. The minimum absolute atomic E-state index is 0.0166. The number of aliphatic hydroxyl groups excluding tert-OH is 1. The van der Waals surface area contributed by atoms with Crippen LogP contribution in [0.3, 0.4) is 0 Å². The molecule has 0 saturated heterocycles. The number of nitro groups is 1. The Kier molecular flexibility index (Phi) is 2.39. The van der Waals surface area contributed by atoms with Gasteiger partial charge in [-0.25, -0.2) is 0 Å². The van der Waals surface area contributed by atoms with E-state index in [9.17, 15) is 20.3 Å². The standard InChI is InChI=1S/C12H15NO4/c1-11(2)6-12(11,7-14)8-3-4-9(13(16)17)10(15)5-8/h3-5,14-15H,6-7H2,1-2H3. The maximum atomic E-state index is 10.6. The van der Waals surface area contributed by atoms with Gasteiger partial charge in [0.1, 0.15) is 0 Å². The van der Waals surface area contributed by atoms with Gasteiger partial charge < -0.3 is 10.2 Å². The van der Waals surface area contributed by atoms with E-state index in [4.69, 9.17) is 0 Å². The molecule has 0 bridgehead atoms. The zero-order chi connectivity index (χ0) is 12.8. The second-order valence-corrected chi connectivity index (χ2v) is 5.26. The van der Waals surface area contributed by atoms with Crippen molar-refractivity contribution in [1.29, 1.82) is 0 Å². The first-order valence-electron chi connectivity index (χ1n) is 5.43. The van der Waals surface area contributed by atoms with Crippen molar-refractivity contribution >= 4 is 5.69 Å². The van der Waals surface area contributed by atoms with Crippen molar-refractivity contribution in [3.8, 4) is 5.75 Å². The number of aliphatic hydroxyl groups is 1. The molecular formula is C12H15NO4. The van der Waals surface area contributed by atoms with Gasteiger partial charge in [-0.05, 0) is 23.5 Å². The molecule has 0 aromatic heterocycles. The van der Waals surface area contributed by atoms with E-state index in [-0.39, 0.29) is 28.9 Å². The van der Waals surface area contributed by atoms with Gasteiger partial charge in [0.15, 0.2) is 5.75 Å². The van der Waals surface area contributed by atoms with E-state index in [0.717, 1.165) is 12.0 Å². The molecule has 1 aromatic carbocycles. The summed E-state index contributed by atoms with van der Waals surface area (Å²) >= 11 is 0. The zero-order valence-electron chi connectivity index (χ0n) is 9.80. The van der Waals surface area contributed by atoms with E-state index >= 15 is 0 Å². The van der Waals surface area contributed by atoms with E-state index in [1.165, 1.54) is 12.1 Å². The molecule has 1 aliphatic rings. The van der Waals surface area contributed by atoms with Crippen molar-refractivity contribution in [2.24, 2.45) is 5.41 Å². The van der Waals surface area contributed by atoms with Crippen LogP contribution in [-0.4, -0.2) is 21.7 Å². The Balaban J connectivity index is 2.43. The lowest BCUT2D eigenvalue weighted by molar-refractivity contribution is -0.385. The molecule has 0 radical (unpaired) electrons. The molecule has 1 atom stereocenters. The number of nitrogens with zero attached hydrogens (tertiary/aromatic N) is 1. The monoisotopic (exact) mass is 237 g/mol. The van der Waals surface area contributed by atoms with Crippen LogP contribution in [0, 0.1) is 15.5 Å². The van der Waals surface area contributed by atoms with Crippen LogP contribution in [0.15, 0.2) is 18.2 Å². The molecule has 0 aliphatic heterocycles. The van der Waals surface area contributed by atoms with Gasteiger partial charge in [-0.1, -0.05) is 19.9 Å². The minimum Gasteiger partial charge on any atom is -0.502 e. The summed E-state index contributed by atoms with van der Waals surface area (Å²) in [6.07, 6.45) is 0.813. The highest BCUT2D eigenvalue weighted by Gasteiger charge is 2.61. The van der Waals surface area contributed by atoms with E-state index in [2.05, 4.69) is 0 Å². The summed E-state index contributed by atoms with van der Waals surface area (Å²) in [6, 6.07) is 4.29. The van der Waals surface area contributed by atoms with Gasteiger partial charge in [0.2, 0.25) is 0 Å². The molecular weight excluding hydrogens is 222 g/mol. The van der Waals surface area contributed by atoms with Crippen molar-refractivity contribution in [1.82, 2.24) is 0 Å². The summed E-state index contributed by atoms with van der Waals surface area (Å²) in [6.45, 7) is 4.04. The maximum Gasteiger partial charge on any atom is 0.310 e. The first-order valence-corrected chi connectivity index (χ1v) is 5.43. The fourth-order valence-electron chi connectivity index (χ4n) is 2.54. The molecule has 2 rings (SSSR count). The van der Waals surface area contributed by atoms with Crippen molar-refractivity contribution in [2.45, 2.75) is 25.7 Å². The predicted octanol–water partition coefficient (Wildman–Crippen LogP) is 1.96. The quantitative estimate of drug-likeness (QED) is 0.621. The molecule has 92 valence electrons. The van der Waals surface area contributed by atoms with Crippen LogP contribution in [0.25, 0.3) is 0 Å². The van der Waals surface area contributed by atoms with E-state index in [0.29, 0.717) is 0 Å². The maximum absolute atomic E-state index is 10.6. The molecule has 1 aliphatic carbocycles. The average Bonchev–Trinajstić information content (AvgIpc) is 2.81. The van der Waals surface area contributed by atoms with Crippen molar-refractivity contribution in [3.05, 3.63) is 33.9 Å². The van der Waals surface area contributed by atoms with Crippen LogP contribution in [0.4, 0.5) is 5.69 Å². The molecule has 1 unspecified atom stereocenters. The number of phenols is 1. The Morgan fingerprint density at radius 1 is 1.47 bits per heavy atom. The zero-order valence-corrected chi connectivity index (χ0v) is 9.80. The highest BCUT2D eigenvalue weighted by molar-refractivity contribution is 5.51. The normalized spacial score (nSPS) is 25.6. The second-order valence-electron chi connectivity index (χ2n) is 5.26. The molecule has 2 N–H and O–H groups in total. The molecule has 17 heavy (non-hydrogen) atoms. The van der Waals surface area contributed by atoms with Gasteiger partial charge in [-0.15, -0.1) is 0 Å². The van der Waals surface area contributed by atoms with Crippen molar-refractivity contribution < 1.29 is 15.1 Å². The Labute approximate surface area is 98.9 Å². The third-order valence-corrected chi connectivity index (χ3v) is 3.91. The smallest absolute Gasteiger partial charge is 0.310 e. The van der Waals surface area contributed by atoms with E-state index < -0.39 is 4.92 Å². The minimum atomic E-state index is -0.622. The third kappa shape index (κ3) is 1.58. The number of nitro benzene ring substituents is 1. The number of hydrogen-bond donors (Lipinski definition) is 2. The SMILES string of the molecule is CC1(C)CC1(CO)c1ccc([N+](=O)[O-])c(O)c1. The predicted molar refractivity (Wildman–Crippen MR) is 61.9 cm³/mol. The van der Waals surface area contributed by atoms with Gasteiger partial charge in [0, 0.05) is 11.5 Å². The highest BCUT2D eigenvalue weighted by atomic mass is 16.6. The lowest BCUT2D eigenvalue weighted by atomic mass is 9.88. The average molecular weight is 237 g/mol. The molecule has 1 fully saturated rings. The summed E-state index contributed by atoms with van der Waals surface area (Å²) in [7, 11) is 0. The van der Waals surface area contributed by atoms with Gasteiger partial charge in [0.05, 0.1) is 11.5 Å². The first-order chi connectivity index (χ1) is 7.84. The molecule has 5 heteroatoms. The van der Waals surface area contributed by atoms with Crippen molar-refractivity contribution in [2.75, 3.05) is 6.61 Å². The lowest BCUT2D eigenvalue weighted by Gasteiger charge is -2.18. The summed E-state index contributed by atoms with van der Waals surface area (Å²) < 4.78 is 0. The summed E-state index contributed by atoms with van der Waals surface area (Å²) in [5.41, 5.74) is 0.0395. The second kappa shape index (κ2) is 3.43. The highest BCUT2D eigenvalue weighted by Crippen LogP contribution is 2.64. The molecule has 0 heterocycles. The Morgan fingerprint density at radius 2 is 2.06 bits per heavy atom. The molecule has 1 saturated carbocycles. The Hall–Kier alpha value is -1.62. The summed E-state index contributed by atoms with van der Waals surface area (Å²) in [5.74, 6) is -0.344. The number of benzene rings is 1. The van der Waals surface area contributed by atoms with Crippen LogP contribution in [0.2, 0.25) is 0 Å². The van der Waals surface area contributed by atoms with Crippen LogP contribution in [0.5, 0.6) is 5.75 Å². The third-order valence-electron chi connectivity index (χ3n) is 3.91. The van der Waals surface area contributed by atoms with Gasteiger partial charge in [-0.2, -0.15) is 0 Å². The number of rotatable bonds is 3. The van der Waals surface area contributed by atoms with Crippen LogP contribution < -0.4 is 0 Å². The van der Waals surface area contributed by atoms with Gasteiger partial charge >= 0.3 is 5.69 Å². The number of hydrogen-bond acceptors (Lipinski definition) is 4. The number of phenolic OH excluding ortho intramolecular Hbond substituents is 1. The molecule has 0 amide bonds. The van der Waals surface area contributed by atoms with Crippen LogP contribution in [0.1, 0.15) is 25.8 Å². The molecule has 1 aromatic rings.